The Bertz CT molecular complexity index is 541. The van der Waals surface area contributed by atoms with E-state index >= 15 is 0 Å². The molecular formula is C15H13NO. The molecule has 0 N–H and O–H groups in total. The van der Waals surface area contributed by atoms with Gasteiger partial charge in [-0.05, 0) is 36.2 Å². The first kappa shape index (κ1) is 11.2. The van der Waals surface area contributed by atoms with Crippen molar-refractivity contribution in [1.29, 1.82) is 5.26 Å². The molecule has 0 spiro atoms. The van der Waals surface area contributed by atoms with E-state index in [0.29, 0.717) is 12.2 Å². The van der Waals surface area contributed by atoms with Crippen LogP contribution in [0.15, 0.2) is 48.5 Å². The minimum atomic E-state index is 0.549. The number of nitriles is 1. The second kappa shape index (κ2) is 5.18. The van der Waals surface area contributed by atoms with E-state index in [4.69, 9.17) is 10.00 Å². The number of hydrogen-bond donors (Lipinski definition) is 0. The lowest BCUT2D eigenvalue weighted by atomic mass is 10.1. The van der Waals surface area contributed by atoms with Gasteiger partial charge in [0.1, 0.15) is 12.4 Å². The highest BCUT2D eigenvalue weighted by atomic mass is 16.5. The number of hydrogen-bond acceptors (Lipinski definition) is 2. The normalized spacial score (nSPS) is 9.65. The predicted molar refractivity (Wildman–Crippen MR) is 66.7 cm³/mol. The molecule has 0 radical (unpaired) electrons. The van der Waals surface area contributed by atoms with Crippen molar-refractivity contribution in [2.75, 3.05) is 0 Å². The molecule has 0 aromatic heterocycles. The Balaban J connectivity index is 2.08. The van der Waals surface area contributed by atoms with Crippen LogP contribution in [0.25, 0.3) is 0 Å². The van der Waals surface area contributed by atoms with E-state index in [1.807, 2.05) is 49.4 Å². The van der Waals surface area contributed by atoms with Gasteiger partial charge in [-0.25, -0.2) is 0 Å². The maximum Gasteiger partial charge on any atom is 0.122 e. The molecule has 0 heterocycles. The van der Waals surface area contributed by atoms with Gasteiger partial charge in [-0.15, -0.1) is 0 Å². The maximum atomic E-state index is 8.77. The Morgan fingerprint density at radius 1 is 1.12 bits per heavy atom. The lowest BCUT2D eigenvalue weighted by molar-refractivity contribution is 0.304. The zero-order valence-corrected chi connectivity index (χ0v) is 9.68. The van der Waals surface area contributed by atoms with Gasteiger partial charge >= 0.3 is 0 Å². The van der Waals surface area contributed by atoms with E-state index < -0.39 is 0 Å². The number of ether oxygens (including phenoxy) is 1. The summed E-state index contributed by atoms with van der Waals surface area (Å²) in [6, 6.07) is 17.6. The van der Waals surface area contributed by atoms with E-state index in [1.165, 1.54) is 0 Å². The molecule has 2 aromatic carbocycles. The second-order valence-electron chi connectivity index (χ2n) is 3.87. The molecule has 2 rings (SSSR count). The summed E-state index contributed by atoms with van der Waals surface area (Å²) in [7, 11) is 0. The molecular weight excluding hydrogens is 210 g/mol. The average Bonchev–Trinajstić information content (AvgIpc) is 2.38. The molecule has 0 atom stereocenters. The number of rotatable bonds is 3. The Kier molecular flexibility index (Phi) is 3.42. The zero-order valence-electron chi connectivity index (χ0n) is 9.68. The molecule has 17 heavy (non-hydrogen) atoms. The fourth-order valence-corrected chi connectivity index (χ4v) is 1.62. The van der Waals surface area contributed by atoms with Gasteiger partial charge in [-0.3, -0.25) is 0 Å². The topological polar surface area (TPSA) is 33.0 Å². The Hall–Kier alpha value is -2.27. The average molecular weight is 223 g/mol. The third-order valence-corrected chi connectivity index (χ3v) is 2.54. The van der Waals surface area contributed by atoms with E-state index in [0.717, 1.165) is 16.9 Å². The van der Waals surface area contributed by atoms with Gasteiger partial charge in [0.15, 0.2) is 0 Å². The van der Waals surface area contributed by atoms with Gasteiger partial charge in [0.25, 0.3) is 0 Å². The van der Waals surface area contributed by atoms with Crippen LogP contribution in [0.1, 0.15) is 16.7 Å². The van der Waals surface area contributed by atoms with E-state index in [2.05, 4.69) is 6.07 Å². The van der Waals surface area contributed by atoms with Crippen molar-refractivity contribution in [2.24, 2.45) is 0 Å². The molecule has 0 fully saturated rings. The summed E-state index contributed by atoms with van der Waals surface area (Å²) < 4.78 is 5.71. The third kappa shape index (κ3) is 2.85. The maximum absolute atomic E-state index is 8.77. The first-order valence-corrected chi connectivity index (χ1v) is 5.47. The Morgan fingerprint density at radius 3 is 2.53 bits per heavy atom. The molecule has 0 saturated heterocycles. The van der Waals surface area contributed by atoms with Crippen LogP contribution < -0.4 is 4.74 Å². The van der Waals surface area contributed by atoms with Crippen molar-refractivity contribution in [3.63, 3.8) is 0 Å². The molecule has 84 valence electrons. The smallest absolute Gasteiger partial charge is 0.122 e. The molecule has 0 amide bonds. The van der Waals surface area contributed by atoms with Crippen molar-refractivity contribution in [3.05, 3.63) is 65.2 Å². The molecule has 0 bridgehead atoms. The number of benzene rings is 2. The Morgan fingerprint density at radius 2 is 1.88 bits per heavy atom. The van der Waals surface area contributed by atoms with Crippen molar-refractivity contribution in [3.8, 4) is 11.8 Å². The molecule has 2 aromatic rings. The summed E-state index contributed by atoms with van der Waals surface area (Å²) in [5.74, 6) is 0.827. The summed E-state index contributed by atoms with van der Waals surface area (Å²) in [6.07, 6.45) is 0. The molecule has 0 unspecified atom stereocenters. The number of aryl methyl sites for hydroxylation is 1. The highest BCUT2D eigenvalue weighted by molar-refractivity contribution is 5.41. The Labute approximate surface area is 101 Å². The lowest BCUT2D eigenvalue weighted by Crippen LogP contribution is -1.96. The van der Waals surface area contributed by atoms with Gasteiger partial charge in [-0.2, -0.15) is 5.26 Å². The third-order valence-electron chi connectivity index (χ3n) is 2.54. The summed E-state index contributed by atoms with van der Waals surface area (Å²) in [5, 5.41) is 8.77. The van der Waals surface area contributed by atoms with Crippen molar-refractivity contribution >= 4 is 0 Å². The molecule has 0 aliphatic rings. The summed E-state index contributed by atoms with van der Waals surface area (Å²) in [6.45, 7) is 2.49. The minimum Gasteiger partial charge on any atom is -0.489 e. The first-order chi connectivity index (χ1) is 8.29. The first-order valence-electron chi connectivity index (χ1n) is 5.47. The van der Waals surface area contributed by atoms with Crippen molar-refractivity contribution < 1.29 is 4.74 Å². The summed E-state index contributed by atoms with van der Waals surface area (Å²) >= 11 is 0. The SMILES string of the molecule is Cc1cc(C#N)ccc1OCc1ccccc1. The largest absolute Gasteiger partial charge is 0.489 e. The standard InChI is InChI=1S/C15H13NO/c1-12-9-14(10-16)7-8-15(12)17-11-13-5-3-2-4-6-13/h2-9H,11H2,1H3. The van der Waals surface area contributed by atoms with Gasteiger partial charge in [0.05, 0.1) is 11.6 Å². The fourth-order valence-electron chi connectivity index (χ4n) is 1.62. The lowest BCUT2D eigenvalue weighted by Gasteiger charge is -2.09. The zero-order chi connectivity index (χ0) is 12.1. The van der Waals surface area contributed by atoms with Crippen LogP contribution in [0.5, 0.6) is 5.75 Å². The predicted octanol–water partition coefficient (Wildman–Crippen LogP) is 3.45. The van der Waals surface area contributed by atoms with Crippen LogP contribution in [-0.4, -0.2) is 0 Å². The second-order valence-corrected chi connectivity index (χ2v) is 3.87. The van der Waals surface area contributed by atoms with Gasteiger partial charge in [0, 0.05) is 0 Å². The summed E-state index contributed by atoms with van der Waals surface area (Å²) in [4.78, 5) is 0. The van der Waals surface area contributed by atoms with E-state index in [1.54, 1.807) is 6.07 Å². The van der Waals surface area contributed by atoms with Crippen LogP contribution in [0, 0.1) is 18.3 Å². The molecule has 0 saturated carbocycles. The fraction of sp³-hybridized carbons (Fsp3) is 0.133. The van der Waals surface area contributed by atoms with Crippen LogP contribution >= 0.6 is 0 Å². The molecule has 2 heteroatoms. The highest BCUT2D eigenvalue weighted by Gasteiger charge is 2.01. The van der Waals surface area contributed by atoms with E-state index in [9.17, 15) is 0 Å². The quantitative estimate of drug-likeness (QED) is 0.798. The van der Waals surface area contributed by atoms with Crippen LogP contribution in [0.2, 0.25) is 0 Å². The highest BCUT2D eigenvalue weighted by Crippen LogP contribution is 2.19. The molecule has 0 aliphatic carbocycles. The van der Waals surface area contributed by atoms with Gasteiger partial charge in [0.2, 0.25) is 0 Å². The van der Waals surface area contributed by atoms with Gasteiger partial charge in [-0.1, -0.05) is 30.3 Å². The monoisotopic (exact) mass is 223 g/mol. The minimum absolute atomic E-state index is 0.549. The van der Waals surface area contributed by atoms with Crippen LogP contribution in [0.4, 0.5) is 0 Å². The van der Waals surface area contributed by atoms with Gasteiger partial charge < -0.3 is 4.74 Å². The van der Waals surface area contributed by atoms with Crippen LogP contribution in [0.3, 0.4) is 0 Å². The molecule has 0 aliphatic heterocycles. The number of nitrogens with zero attached hydrogens (tertiary/aromatic N) is 1. The van der Waals surface area contributed by atoms with Crippen LogP contribution in [-0.2, 0) is 6.61 Å². The van der Waals surface area contributed by atoms with Crippen molar-refractivity contribution in [2.45, 2.75) is 13.5 Å². The van der Waals surface area contributed by atoms with Crippen molar-refractivity contribution in [1.82, 2.24) is 0 Å². The van der Waals surface area contributed by atoms with E-state index in [-0.39, 0.29) is 0 Å². The molecule has 2 nitrogen and oxygen atoms in total. The summed E-state index contributed by atoms with van der Waals surface area (Å²) in [5.41, 5.74) is 2.78.